The van der Waals surface area contributed by atoms with E-state index in [2.05, 4.69) is 0 Å². The Morgan fingerprint density at radius 1 is 0.696 bits per heavy atom. The fourth-order valence-corrected chi connectivity index (χ4v) is 3.06. The van der Waals surface area contributed by atoms with Crippen LogP contribution >= 0.6 is 0 Å². The number of methoxy groups -OCH3 is 2. The molecular formula is C18H12O5. The zero-order valence-electron chi connectivity index (χ0n) is 12.5. The molecule has 0 aliphatic carbocycles. The highest BCUT2D eigenvalue weighted by Gasteiger charge is 2.34. The molecule has 3 aromatic rings. The second-order valence-electron chi connectivity index (χ2n) is 5.25. The molecule has 4 rings (SSSR count). The van der Waals surface area contributed by atoms with Gasteiger partial charge in [0.1, 0.15) is 11.5 Å². The van der Waals surface area contributed by atoms with Crippen LogP contribution in [0.15, 0.2) is 36.4 Å². The van der Waals surface area contributed by atoms with Crippen LogP contribution in [-0.4, -0.2) is 26.2 Å². The van der Waals surface area contributed by atoms with Crippen molar-refractivity contribution in [2.75, 3.05) is 14.2 Å². The molecule has 0 atom stereocenters. The molecule has 0 aromatic heterocycles. The number of cyclic esters (lactones) is 2. The lowest BCUT2D eigenvalue weighted by Crippen LogP contribution is -1.97. The number of rotatable bonds is 2. The molecule has 0 fully saturated rings. The first-order chi connectivity index (χ1) is 11.1. The molecule has 0 radical (unpaired) electrons. The number of fused-ring (bicyclic) bond motifs is 6. The van der Waals surface area contributed by atoms with Gasteiger partial charge in [-0.15, -0.1) is 0 Å². The summed E-state index contributed by atoms with van der Waals surface area (Å²) < 4.78 is 15.4. The number of carbonyl (C=O) groups is 2. The molecular weight excluding hydrogens is 296 g/mol. The molecule has 5 heteroatoms. The van der Waals surface area contributed by atoms with Crippen molar-refractivity contribution < 1.29 is 23.8 Å². The summed E-state index contributed by atoms with van der Waals surface area (Å²) in [5.41, 5.74) is 0.621. The molecule has 0 bridgehead atoms. The van der Waals surface area contributed by atoms with E-state index in [0.717, 1.165) is 10.8 Å². The third kappa shape index (κ3) is 1.80. The van der Waals surface area contributed by atoms with Crippen LogP contribution in [0.4, 0.5) is 0 Å². The average Bonchev–Trinajstić information content (AvgIpc) is 2.88. The summed E-state index contributed by atoms with van der Waals surface area (Å²) in [5.74, 6) is 0.106. The zero-order chi connectivity index (χ0) is 16.1. The minimum Gasteiger partial charge on any atom is -0.497 e. The molecule has 0 spiro atoms. The fourth-order valence-electron chi connectivity index (χ4n) is 3.06. The molecule has 0 saturated heterocycles. The van der Waals surface area contributed by atoms with Crippen molar-refractivity contribution in [3.63, 3.8) is 0 Å². The zero-order valence-corrected chi connectivity index (χ0v) is 12.5. The van der Waals surface area contributed by atoms with Gasteiger partial charge in [0.25, 0.3) is 0 Å². The van der Waals surface area contributed by atoms with E-state index in [1.54, 1.807) is 38.5 Å². The largest absolute Gasteiger partial charge is 0.497 e. The molecule has 114 valence electrons. The van der Waals surface area contributed by atoms with Crippen molar-refractivity contribution >= 4 is 33.5 Å². The molecule has 0 saturated carbocycles. The van der Waals surface area contributed by atoms with Gasteiger partial charge in [0.05, 0.1) is 25.3 Å². The van der Waals surface area contributed by atoms with Gasteiger partial charge in [-0.2, -0.15) is 0 Å². The van der Waals surface area contributed by atoms with Crippen molar-refractivity contribution in [3.8, 4) is 11.5 Å². The smallest absolute Gasteiger partial charge is 0.347 e. The highest BCUT2D eigenvalue weighted by atomic mass is 16.6. The quantitative estimate of drug-likeness (QED) is 0.413. The molecule has 0 unspecified atom stereocenters. The monoisotopic (exact) mass is 308 g/mol. The highest BCUT2D eigenvalue weighted by Crippen LogP contribution is 2.39. The second kappa shape index (κ2) is 4.71. The first kappa shape index (κ1) is 13.6. The van der Waals surface area contributed by atoms with Crippen molar-refractivity contribution in [2.45, 2.75) is 0 Å². The Morgan fingerprint density at radius 3 is 1.52 bits per heavy atom. The van der Waals surface area contributed by atoms with E-state index in [4.69, 9.17) is 14.2 Å². The predicted octanol–water partition coefficient (Wildman–Crippen LogP) is 3.32. The van der Waals surface area contributed by atoms with E-state index in [1.165, 1.54) is 0 Å². The van der Waals surface area contributed by atoms with Crippen LogP contribution in [-0.2, 0) is 4.74 Å². The summed E-state index contributed by atoms with van der Waals surface area (Å²) >= 11 is 0. The summed E-state index contributed by atoms with van der Waals surface area (Å²) in [5, 5.41) is 2.95. The number of esters is 2. The molecule has 1 aliphatic rings. The average molecular weight is 308 g/mol. The second-order valence-corrected chi connectivity index (χ2v) is 5.25. The maximum absolute atomic E-state index is 12.1. The summed E-state index contributed by atoms with van der Waals surface area (Å²) in [4.78, 5) is 24.2. The Bertz CT molecular complexity index is 923. The lowest BCUT2D eigenvalue weighted by Gasteiger charge is -2.11. The Morgan fingerprint density at radius 2 is 1.13 bits per heavy atom. The van der Waals surface area contributed by atoms with Gasteiger partial charge in [0.15, 0.2) is 0 Å². The number of ether oxygens (including phenoxy) is 3. The Labute approximate surface area is 131 Å². The number of carbonyl (C=O) groups excluding carboxylic acids is 2. The van der Waals surface area contributed by atoms with E-state index in [-0.39, 0.29) is 0 Å². The maximum Gasteiger partial charge on any atom is 0.347 e. The molecule has 1 aliphatic heterocycles. The van der Waals surface area contributed by atoms with E-state index in [0.29, 0.717) is 33.4 Å². The maximum atomic E-state index is 12.1. The van der Waals surface area contributed by atoms with Crippen LogP contribution in [0.2, 0.25) is 0 Å². The minimum absolute atomic E-state index is 0.310. The molecule has 0 amide bonds. The Balaban J connectivity index is 2.26. The fraction of sp³-hybridized carbons (Fsp3) is 0.111. The van der Waals surface area contributed by atoms with Crippen molar-refractivity contribution in [3.05, 3.63) is 47.5 Å². The van der Waals surface area contributed by atoms with Crippen LogP contribution in [0.5, 0.6) is 11.5 Å². The third-order valence-electron chi connectivity index (χ3n) is 4.13. The van der Waals surface area contributed by atoms with E-state index < -0.39 is 11.9 Å². The van der Waals surface area contributed by atoms with Gasteiger partial charge in [-0.1, -0.05) is 0 Å². The van der Waals surface area contributed by atoms with Gasteiger partial charge in [0, 0.05) is 0 Å². The van der Waals surface area contributed by atoms with E-state index >= 15 is 0 Å². The summed E-state index contributed by atoms with van der Waals surface area (Å²) in [6.45, 7) is 0. The first-order valence-electron chi connectivity index (χ1n) is 7.02. The first-order valence-corrected chi connectivity index (χ1v) is 7.02. The van der Waals surface area contributed by atoms with E-state index in [9.17, 15) is 9.59 Å². The summed E-state index contributed by atoms with van der Waals surface area (Å²) in [6.07, 6.45) is 0. The molecule has 23 heavy (non-hydrogen) atoms. The van der Waals surface area contributed by atoms with Crippen molar-refractivity contribution in [1.82, 2.24) is 0 Å². The number of benzene rings is 3. The normalized spacial score (nSPS) is 13.3. The van der Waals surface area contributed by atoms with E-state index in [1.807, 2.05) is 12.1 Å². The predicted molar refractivity (Wildman–Crippen MR) is 84.3 cm³/mol. The van der Waals surface area contributed by atoms with Gasteiger partial charge in [-0.3, -0.25) is 0 Å². The van der Waals surface area contributed by atoms with Crippen LogP contribution in [0, 0.1) is 0 Å². The van der Waals surface area contributed by atoms with Gasteiger partial charge in [-0.25, -0.2) is 9.59 Å². The van der Waals surface area contributed by atoms with Gasteiger partial charge < -0.3 is 14.2 Å². The topological polar surface area (TPSA) is 61.8 Å². The van der Waals surface area contributed by atoms with Crippen LogP contribution in [0.1, 0.15) is 20.7 Å². The molecule has 5 nitrogen and oxygen atoms in total. The molecule has 0 N–H and O–H groups in total. The van der Waals surface area contributed by atoms with Crippen molar-refractivity contribution in [1.29, 1.82) is 0 Å². The summed E-state index contributed by atoms with van der Waals surface area (Å²) in [6, 6.07) is 10.7. The van der Waals surface area contributed by atoms with Crippen LogP contribution in [0.3, 0.4) is 0 Å². The molecule has 1 heterocycles. The Kier molecular flexibility index (Phi) is 2.78. The highest BCUT2D eigenvalue weighted by molar-refractivity contribution is 6.30. The van der Waals surface area contributed by atoms with Gasteiger partial charge >= 0.3 is 11.9 Å². The standard InChI is InChI=1S/C18H12O5/c1-21-9-3-5-11-13(7-9)14-8-10(22-2)4-6-12(14)16-15(11)17(19)23-18(16)20/h3-8H,1-2H3. The molecule has 3 aromatic carbocycles. The number of hydrogen-bond acceptors (Lipinski definition) is 5. The van der Waals surface area contributed by atoms with Gasteiger partial charge in [-0.05, 0) is 57.9 Å². The van der Waals surface area contributed by atoms with Crippen molar-refractivity contribution in [2.24, 2.45) is 0 Å². The van der Waals surface area contributed by atoms with Gasteiger partial charge in [0.2, 0.25) is 0 Å². The number of hydrogen-bond donors (Lipinski definition) is 0. The SMILES string of the molecule is COc1ccc2c3c(c4ccc(OC)cc4c2c1)C(=O)OC3=O. The lowest BCUT2D eigenvalue weighted by molar-refractivity contribution is 0.0445. The summed E-state index contributed by atoms with van der Waals surface area (Å²) in [7, 11) is 3.16. The lowest BCUT2D eigenvalue weighted by atomic mass is 9.92. The third-order valence-corrected chi connectivity index (χ3v) is 4.13. The van der Waals surface area contributed by atoms with Crippen LogP contribution < -0.4 is 9.47 Å². The Hall–Kier alpha value is -3.08. The minimum atomic E-state index is -0.613. The van der Waals surface area contributed by atoms with Crippen LogP contribution in [0.25, 0.3) is 21.5 Å².